The van der Waals surface area contributed by atoms with Gasteiger partial charge in [-0.05, 0) is 56.3 Å². The number of nitrogens with zero attached hydrogens (tertiary/aromatic N) is 2. The second kappa shape index (κ2) is 6.33. The van der Waals surface area contributed by atoms with Gasteiger partial charge in [0.1, 0.15) is 6.04 Å². The molecule has 4 aliphatic carbocycles. The average Bonchev–Trinajstić information content (AvgIpc) is 3.27. The number of hydrogen-bond donors (Lipinski definition) is 1. The molecule has 5 aliphatic rings. The number of amides is 1. The first-order valence-electron chi connectivity index (χ1n) is 10.1. The number of carbonyl (C=O) groups is 2. The number of esters is 1. The lowest BCUT2D eigenvalue weighted by Crippen LogP contribution is -2.56. The van der Waals surface area contributed by atoms with Crippen molar-refractivity contribution in [1.29, 1.82) is 0 Å². The molecule has 146 valence electrons. The van der Waals surface area contributed by atoms with Crippen LogP contribution in [0.2, 0.25) is 0 Å². The fraction of sp³-hybridized carbons (Fsp3) is 0.750. The number of aliphatic hydroxyl groups excluding tert-OH is 1. The molecule has 0 aromatic carbocycles. The monoisotopic (exact) mass is 374 g/mol. The number of likely N-dealkylation sites (tertiary alicyclic amines) is 1. The third kappa shape index (κ3) is 2.96. The van der Waals surface area contributed by atoms with E-state index < -0.39 is 18.1 Å². The topological polar surface area (TPSA) is 92.9 Å². The van der Waals surface area contributed by atoms with Crippen molar-refractivity contribution in [2.75, 3.05) is 6.54 Å². The quantitative estimate of drug-likeness (QED) is 0.809. The van der Waals surface area contributed by atoms with Crippen molar-refractivity contribution in [3.05, 3.63) is 18.0 Å². The van der Waals surface area contributed by atoms with Crippen LogP contribution in [-0.2, 0) is 20.9 Å². The van der Waals surface area contributed by atoms with Crippen molar-refractivity contribution in [2.45, 2.75) is 63.7 Å². The van der Waals surface area contributed by atoms with Crippen molar-refractivity contribution in [3.63, 3.8) is 0 Å². The van der Waals surface area contributed by atoms with Gasteiger partial charge in [0.05, 0.1) is 17.7 Å². The van der Waals surface area contributed by atoms with Crippen LogP contribution >= 0.6 is 0 Å². The fourth-order valence-corrected chi connectivity index (χ4v) is 6.49. The van der Waals surface area contributed by atoms with Gasteiger partial charge >= 0.3 is 5.97 Å². The second-order valence-corrected chi connectivity index (χ2v) is 9.15. The highest BCUT2D eigenvalue weighted by molar-refractivity contribution is 5.89. The van der Waals surface area contributed by atoms with Gasteiger partial charge in [-0.1, -0.05) is 5.16 Å². The molecule has 7 nitrogen and oxygen atoms in total. The predicted molar refractivity (Wildman–Crippen MR) is 93.0 cm³/mol. The summed E-state index contributed by atoms with van der Waals surface area (Å²) in [5, 5.41) is 13.8. The first-order valence-corrected chi connectivity index (χ1v) is 10.1. The second-order valence-electron chi connectivity index (χ2n) is 9.15. The standard InChI is InChI=1S/C20H26N2O5/c23-15-6-17(18(24)26-11-16-1-2-21-27-16)22(10-15)19(25)20-7-12-3-13(8-20)5-14(4-12)9-20/h1-2,12-15,17,23H,3-11H2/t12?,13?,14?,15-,17-,20?/m0/s1. The molecular weight excluding hydrogens is 348 g/mol. The van der Waals surface area contributed by atoms with E-state index in [9.17, 15) is 14.7 Å². The molecule has 5 fully saturated rings. The molecule has 1 N–H and O–H groups in total. The maximum absolute atomic E-state index is 13.6. The Morgan fingerprint density at radius 3 is 2.44 bits per heavy atom. The Hall–Kier alpha value is -1.89. The van der Waals surface area contributed by atoms with Crippen LogP contribution in [0.25, 0.3) is 0 Å². The van der Waals surface area contributed by atoms with Gasteiger partial charge < -0.3 is 19.3 Å². The Kier molecular flexibility index (Phi) is 4.04. The van der Waals surface area contributed by atoms with E-state index in [1.165, 1.54) is 25.5 Å². The fourth-order valence-electron chi connectivity index (χ4n) is 6.49. The largest absolute Gasteiger partial charge is 0.456 e. The molecule has 1 aromatic heterocycles. The summed E-state index contributed by atoms with van der Waals surface area (Å²) < 4.78 is 10.3. The summed E-state index contributed by atoms with van der Waals surface area (Å²) in [4.78, 5) is 27.8. The lowest BCUT2D eigenvalue weighted by molar-refractivity contribution is -0.166. The number of aliphatic hydroxyl groups is 1. The summed E-state index contributed by atoms with van der Waals surface area (Å²) in [6.45, 7) is 0.216. The zero-order valence-corrected chi connectivity index (χ0v) is 15.4. The molecule has 1 aliphatic heterocycles. The molecule has 0 spiro atoms. The van der Waals surface area contributed by atoms with E-state index in [4.69, 9.17) is 9.26 Å². The molecule has 4 saturated carbocycles. The molecule has 6 rings (SSSR count). The van der Waals surface area contributed by atoms with E-state index in [1.54, 1.807) is 11.0 Å². The van der Waals surface area contributed by atoms with E-state index in [0.29, 0.717) is 23.5 Å². The van der Waals surface area contributed by atoms with E-state index >= 15 is 0 Å². The van der Waals surface area contributed by atoms with Crippen LogP contribution in [0.5, 0.6) is 0 Å². The summed E-state index contributed by atoms with van der Waals surface area (Å²) in [6, 6.07) is 0.929. The summed E-state index contributed by atoms with van der Waals surface area (Å²) in [5.41, 5.74) is -0.317. The van der Waals surface area contributed by atoms with Gasteiger partial charge in [0.2, 0.25) is 5.91 Å². The van der Waals surface area contributed by atoms with Crippen molar-refractivity contribution >= 4 is 11.9 Å². The van der Waals surface area contributed by atoms with Crippen molar-refractivity contribution in [1.82, 2.24) is 10.1 Å². The van der Waals surface area contributed by atoms with E-state index in [2.05, 4.69) is 5.16 Å². The Balaban J connectivity index is 1.32. The number of rotatable bonds is 4. The van der Waals surface area contributed by atoms with Gasteiger partial charge in [0.15, 0.2) is 12.4 Å². The molecule has 1 saturated heterocycles. The van der Waals surface area contributed by atoms with E-state index in [0.717, 1.165) is 19.3 Å². The van der Waals surface area contributed by atoms with E-state index in [1.807, 2.05) is 0 Å². The zero-order chi connectivity index (χ0) is 18.6. The molecule has 2 heterocycles. The summed E-state index contributed by atoms with van der Waals surface area (Å²) in [6.07, 6.45) is 7.69. The smallest absolute Gasteiger partial charge is 0.329 e. The normalized spacial score (nSPS) is 39.7. The minimum atomic E-state index is -0.705. The highest BCUT2D eigenvalue weighted by Crippen LogP contribution is 2.60. The minimum absolute atomic E-state index is 0.00910. The third-order valence-electron chi connectivity index (χ3n) is 7.15. The van der Waals surface area contributed by atoms with Crippen molar-refractivity contribution < 1.29 is 24.0 Å². The molecule has 2 atom stereocenters. The molecule has 0 radical (unpaired) electrons. The average molecular weight is 374 g/mol. The maximum atomic E-state index is 13.6. The SMILES string of the molecule is O=C(OCc1ccno1)[C@@H]1C[C@H](O)CN1C(=O)C12CC3CC(CC(C3)C1)C2. The lowest BCUT2D eigenvalue weighted by Gasteiger charge is -2.56. The summed E-state index contributed by atoms with van der Waals surface area (Å²) >= 11 is 0. The van der Waals surface area contributed by atoms with Crippen LogP contribution in [0.1, 0.15) is 50.7 Å². The Morgan fingerprint density at radius 1 is 1.19 bits per heavy atom. The van der Waals surface area contributed by atoms with Crippen LogP contribution < -0.4 is 0 Å². The number of β-amino-alcohol motifs (C(OH)–C–C–N with tert-alkyl or cyclic N) is 1. The number of aromatic nitrogens is 1. The first-order chi connectivity index (χ1) is 13.0. The van der Waals surface area contributed by atoms with Gasteiger partial charge in [-0.25, -0.2) is 4.79 Å². The van der Waals surface area contributed by atoms with Gasteiger partial charge in [0.25, 0.3) is 0 Å². The number of hydrogen-bond acceptors (Lipinski definition) is 6. The highest BCUT2D eigenvalue weighted by atomic mass is 16.6. The molecular formula is C20H26N2O5. The van der Waals surface area contributed by atoms with Crippen LogP contribution in [0.3, 0.4) is 0 Å². The molecule has 0 unspecified atom stereocenters. The molecule has 1 aromatic rings. The van der Waals surface area contributed by atoms with E-state index in [-0.39, 0.29) is 30.9 Å². The van der Waals surface area contributed by atoms with Crippen LogP contribution in [0.4, 0.5) is 0 Å². The molecule has 1 amide bonds. The first kappa shape index (κ1) is 17.2. The van der Waals surface area contributed by atoms with Gasteiger partial charge in [-0.3, -0.25) is 4.79 Å². The van der Waals surface area contributed by atoms with Crippen molar-refractivity contribution in [2.24, 2.45) is 23.2 Å². The predicted octanol–water partition coefficient (Wildman–Crippen LogP) is 1.90. The Bertz CT molecular complexity index is 695. The molecule has 7 heteroatoms. The van der Waals surface area contributed by atoms with Gasteiger partial charge in [-0.15, -0.1) is 0 Å². The Labute approximate surface area is 158 Å². The van der Waals surface area contributed by atoms with Gasteiger partial charge in [-0.2, -0.15) is 0 Å². The highest BCUT2D eigenvalue weighted by Gasteiger charge is 2.57. The maximum Gasteiger partial charge on any atom is 0.329 e. The van der Waals surface area contributed by atoms with Crippen LogP contribution in [0, 0.1) is 23.2 Å². The summed E-state index contributed by atoms with van der Waals surface area (Å²) in [5.74, 6) is 2.03. The van der Waals surface area contributed by atoms with Crippen LogP contribution in [0.15, 0.2) is 16.8 Å². The minimum Gasteiger partial charge on any atom is -0.456 e. The number of carbonyl (C=O) groups excluding carboxylic acids is 2. The third-order valence-corrected chi connectivity index (χ3v) is 7.15. The summed E-state index contributed by atoms with van der Waals surface area (Å²) in [7, 11) is 0. The molecule has 4 bridgehead atoms. The molecule has 27 heavy (non-hydrogen) atoms. The lowest BCUT2D eigenvalue weighted by atomic mass is 9.49. The Morgan fingerprint density at radius 2 is 1.85 bits per heavy atom. The van der Waals surface area contributed by atoms with Gasteiger partial charge in [0, 0.05) is 19.0 Å². The zero-order valence-electron chi connectivity index (χ0n) is 15.4. The number of ether oxygens (including phenoxy) is 1. The van der Waals surface area contributed by atoms with Crippen molar-refractivity contribution in [3.8, 4) is 0 Å². The van der Waals surface area contributed by atoms with Crippen LogP contribution in [-0.4, -0.2) is 45.7 Å².